The van der Waals surface area contributed by atoms with Crippen molar-refractivity contribution < 1.29 is 19.8 Å². The predicted octanol–water partition coefficient (Wildman–Crippen LogP) is 6.19. The molecule has 0 rings (SSSR count). The summed E-state index contributed by atoms with van der Waals surface area (Å²) in [6.45, 7) is 24.4. The summed E-state index contributed by atoms with van der Waals surface area (Å²) >= 11 is 0. The molecule has 0 amide bonds. The Morgan fingerprint density at radius 2 is 0.808 bits per heavy atom. The second-order valence-corrected chi connectivity index (χ2v) is 23.1. The highest BCUT2D eigenvalue weighted by atomic mass is 28.3. The zero-order chi connectivity index (χ0) is 21.6. The fourth-order valence-corrected chi connectivity index (χ4v) is 13.5. The van der Waals surface area contributed by atoms with Gasteiger partial charge in [-0.15, -0.1) is 0 Å². The van der Waals surface area contributed by atoms with E-state index in [-0.39, 0.29) is 10.8 Å². The van der Waals surface area contributed by atoms with E-state index in [0.29, 0.717) is 12.8 Å². The van der Waals surface area contributed by atoms with Gasteiger partial charge in [-0.25, -0.2) is 0 Å². The van der Waals surface area contributed by atoms with Gasteiger partial charge in [-0.3, -0.25) is 9.59 Å². The van der Waals surface area contributed by atoms with E-state index in [1.807, 2.05) is 80.8 Å². The number of rotatable bonds is 7. The molecule has 0 aliphatic carbocycles. The van der Waals surface area contributed by atoms with Crippen LogP contribution in [0.4, 0.5) is 0 Å². The van der Waals surface area contributed by atoms with Crippen LogP contribution in [0, 0.1) is 10.8 Å². The van der Waals surface area contributed by atoms with Gasteiger partial charge in [0, 0.05) is 0 Å². The van der Waals surface area contributed by atoms with Gasteiger partial charge in [0.25, 0.3) is 0 Å². The molecule has 0 spiro atoms. The Hall–Kier alpha value is -0.626. The molecule has 2 unspecified atom stereocenters. The van der Waals surface area contributed by atoms with E-state index < -0.39 is 38.2 Å². The lowest BCUT2D eigenvalue weighted by atomic mass is 9.71. The lowest BCUT2D eigenvalue weighted by molar-refractivity contribution is -0.154. The number of carboxylic acid groups (broad SMARTS) is 2. The smallest absolute Gasteiger partial charge is 0.307 e. The SMILES string of the molecule is CC(C)(C)CC(C(=O)O)(C(CC(C)(C)C)(C(=O)O)[Si](C)(C)C)[Si](C)(C)C. The third-order valence-electron chi connectivity index (χ3n) is 5.61. The second-order valence-electron chi connectivity index (χ2n) is 12.4. The summed E-state index contributed by atoms with van der Waals surface area (Å²) in [6, 6.07) is 0. The van der Waals surface area contributed by atoms with Crippen LogP contribution in [0.1, 0.15) is 54.4 Å². The van der Waals surface area contributed by atoms with E-state index in [4.69, 9.17) is 0 Å². The van der Waals surface area contributed by atoms with Crippen molar-refractivity contribution in [3.63, 3.8) is 0 Å². The van der Waals surface area contributed by atoms with Gasteiger partial charge < -0.3 is 10.2 Å². The van der Waals surface area contributed by atoms with Gasteiger partial charge in [0.2, 0.25) is 0 Å². The molecule has 0 saturated carbocycles. The molecule has 0 saturated heterocycles. The van der Waals surface area contributed by atoms with Crippen LogP contribution in [0.3, 0.4) is 0 Å². The Bertz CT molecular complexity index is 494. The number of hydrogen-bond acceptors (Lipinski definition) is 2. The Kier molecular flexibility index (Phi) is 6.91. The first-order valence-corrected chi connectivity index (χ1v) is 16.5. The summed E-state index contributed by atoms with van der Waals surface area (Å²) in [6.07, 6.45) is 0.773. The molecule has 0 radical (unpaired) electrons. The summed E-state index contributed by atoms with van der Waals surface area (Å²) < 4.78 is 0. The molecule has 154 valence electrons. The molecule has 0 aliphatic rings. The van der Waals surface area contributed by atoms with E-state index in [2.05, 4.69) is 0 Å². The number of aliphatic carboxylic acids is 2. The molecule has 0 heterocycles. The summed E-state index contributed by atoms with van der Waals surface area (Å²) in [5.41, 5.74) is -0.562. The van der Waals surface area contributed by atoms with Crippen LogP contribution in [0.2, 0.25) is 49.4 Å². The van der Waals surface area contributed by atoms with E-state index in [1.165, 1.54) is 0 Å². The Morgan fingerprint density at radius 3 is 0.885 bits per heavy atom. The van der Waals surface area contributed by atoms with Gasteiger partial charge >= 0.3 is 11.9 Å². The van der Waals surface area contributed by atoms with Crippen molar-refractivity contribution in [2.45, 2.75) is 104 Å². The highest BCUT2D eigenvalue weighted by Crippen LogP contribution is 2.70. The monoisotopic (exact) mass is 402 g/mol. The zero-order valence-electron chi connectivity index (χ0n) is 19.1. The molecule has 0 aromatic carbocycles. The standard InChI is InChI=1S/C20H42O4Si2/c1-17(2,3)13-19(15(21)22,25(7,8)9)20(16(23)24,26(10,11)12)14-18(4,5)6/h13-14H2,1-12H3,(H,21,22)(H,23,24). The first-order valence-electron chi connectivity index (χ1n) is 9.52. The van der Waals surface area contributed by atoms with Crippen LogP contribution >= 0.6 is 0 Å². The lowest BCUT2D eigenvalue weighted by Crippen LogP contribution is -2.64. The van der Waals surface area contributed by atoms with Crippen LogP contribution in [-0.2, 0) is 9.59 Å². The number of hydrogen-bond donors (Lipinski definition) is 2. The minimum Gasteiger partial charge on any atom is -0.481 e. The van der Waals surface area contributed by atoms with Crippen molar-refractivity contribution in [2.24, 2.45) is 10.8 Å². The minimum atomic E-state index is -2.46. The van der Waals surface area contributed by atoms with Crippen molar-refractivity contribution in [3.8, 4) is 0 Å². The molecule has 0 aliphatic heterocycles. The van der Waals surface area contributed by atoms with Gasteiger partial charge in [0.1, 0.15) is 0 Å². The minimum absolute atomic E-state index is 0.281. The molecule has 4 nitrogen and oxygen atoms in total. The topological polar surface area (TPSA) is 74.6 Å². The molecular weight excluding hydrogens is 360 g/mol. The maximum absolute atomic E-state index is 13.0. The molecule has 2 N–H and O–H groups in total. The summed E-state index contributed by atoms with van der Waals surface area (Å²) in [4.78, 5) is 26.0. The Morgan fingerprint density at radius 1 is 0.615 bits per heavy atom. The van der Waals surface area contributed by atoms with Gasteiger partial charge in [0.05, 0.1) is 26.2 Å². The Labute approximate surface area is 162 Å². The Balaban J connectivity index is 7.44. The van der Waals surface area contributed by atoms with Gasteiger partial charge in [-0.05, 0) is 23.7 Å². The predicted molar refractivity (Wildman–Crippen MR) is 115 cm³/mol. The van der Waals surface area contributed by atoms with E-state index in [1.54, 1.807) is 0 Å². The molecular formula is C20H42O4Si2. The fraction of sp³-hybridized carbons (Fsp3) is 0.900. The molecule has 0 aromatic rings. The number of carbonyl (C=O) groups is 2. The number of carboxylic acids is 2. The van der Waals surface area contributed by atoms with Crippen LogP contribution in [0.15, 0.2) is 0 Å². The maximum atomic E-state index is 13.0. The molecule has 26 heavy (non-hydrogen) atoms. The van der Waals surface area contributed by atoms with Crippen LogP contribution in [-0.4, -0.2) is 38.3 Å². The van der Waals surface area contributed by atoms with Crippen molar-refractivity contribution in [1.82, 2.24) is 0 Å². The van der Waals surface area contributed by atoms with Crippen molar-refractivity contribution in [2.75, 3.05) is 0 Å². The molecule has 0 bridgehead atoms. The van der Waals surface area contributed by atoms with Crippen LogP contribution in [0.25, 0.3) is 0 Å². The lowest BCUT2D eigenvalue weighted by Gasteiger charge is -2.60. The molecule has 6 heteroatoms. The quantitative estimate of drug-likeness (QED) is 0.498. The van der Waals surface area contributed by atoms with Crippen molar-refractivity contribution in [1.29, 1.82) is 0 Å². The maximum Gasteiger partial charge on any atom is 0.307 e. The van der Waals surface area contributed by atoms with E-state index in [9.17, 15) is 19.8 Å². The largest absolute Gasteiger partial charge is 0.481 e. The van der Waals surface area contributed by atoms with E-state index in [0.717, 1.165) is 0 Å². The highest BCUT2D eigenvalue weighted by molar-refractivity contribution is 6.90. The van der Waals surface area contributed by atoms with Crippen LogP contribution < -0.4 is 0 Å². The fourth-order valence-electron chi connectivity index (χ4n) is 4.86. The van der Waals surface area contributed by atoms with Crippen molar-refractivity contribution >= 4 is 28.1 Å². The van der Waals surface area contributed by atoms with Gasteiger partial charge in [-0.1, -0.05) is 80.8 Å². The average Bonchev–Trinajstić information content (AvgIpc) is 2.26. The molecule has 0 fully saturated rings. The summed E-state index contributed by atoms with van der Waals surface area (Å²) in [5, 5.41) is 18.9. The van der Waals surface area contributed by atoms with Crippen LogP contribution in [0.5, 0.6) is 0 Å². The molecule has 0 aromatic heterocycles. The van der Waals surface area contributed by atoms with Gasteiger partial charge in [-0.2, -0.15) is 0 Å². The highest BCUT2D eigenvalue weighted by Gasteiger charge is 2.72. The first-order chi connectivity index (χ1) is 11.1. The second kappa shape index (κ2) is 7.08. The average molecular weight is 403 g/mol. The summed E-state index contributed by atoms with van der Waals surface area (Å²) in [7, 11) is -4.93. The third-order valence-corrected chi connectivity index (χ3v) is 12.6. The van der Waals surface area contributed by atoms with Gasteiger partial charge in [0.15, 0.2) is 0 Å². The normalized spacial score (nSPS) is 18.8. The molecule has 2 atom stereocenters. The first kappa shape index (κ1) is 25.4. The summed E-state index contributed by atoms with van der Waals surface area (Å²) in [5.74, 6) is -1.83. The zero-order valence-corrected chi connectivity index (χ0v) is 21.1. The van der Waals surface area contributed by atoms with Crippen molar-refractivity contribution in [3.05, 3.63) is 0 Å². The third kappa shape index (κ3) is 4.61. The van der Waals surface area contributed by atoms with E-state index >= 15 is 0 Å².